The van der Waals surface area contributed by atoms with E-state index in [1.54, 1.807) is 55.3 Å². The molecule has 2 N–H and O–H groups in total. The molecule has 0 saturated carbocycles. The van der Waals surface area contributed by atoms with Crippen LogP contribution in [0.1, 0.15) is 56.2 Å². The lowest BCUT2D eigenvalue weighted by molar-refractivity contribution is 0.0580. The highest BCUT2D eigenvalue weighted by Gasteiger charge is 2.24. The maximum absolute atomic E-state index is 13.3. The minimum Gasteiger partial charge on any atom is -0.443 e. The lowest BCUT2D eigenvalue weighted by Crippen LogP contribution is -2.38. The van der Waals surface area contributed by atoms with Gasteiger partial charge in [0, 0.05) is 41.8 Å². The molecule has 4 aromatic rings. The van der Waals surface area contributed by atoms with Crippen molar-refractivity contribution in [2.75, 3.05) is 16.8 Å². The molecule has 0 unspecified atom stereocenters. The number of carbonyl (C=O) groups excluding carboxylic acids is 2. The lowest BCUT2D eigenvalue weighted by Gasteiger charge is -2.27. The number of aliphatic hydroxyl groups is 1. The van der Waals surface area contributed by atoms with Gasteiger partial charge in [0.25, 0.3) is 5.91 Å². The van der Waals surface area contributed by atoms with E-state index in [-0.39, 0.29) is 5.91 Å². The summed E-state index contributed by atoms with van der Waals surface area (Å²) in [5, 5.41) is 13.2. The average molecular weight is 552 g/mol. The van der Waals surface area contributed by atoms with E-state index in [2.05, 4.69) is 10.3 Å². The van der Waals surface area contributed by atoms with Crippen LogP contribution in [0.4, 0.5) is 16.2 Å². The van der Waals surface area contributed by atoms with Gasteiger partial charge in [-0.25, -0.2) is 4.79 Å². The van der Waals surface area contributed by atoms with Crippen molar-refractivity contribution < 1.29 is 19.4 Å². The molecule has 0 saturated heterocycles. The zero-order valence-electron chi connectivity index (χ0n) is 24.2. The number of amides is 2. The zero-order chi connectivity index (χ0) is 29.6. The molecule has 1 aromatic heterocycles. The standard InChI is InChI=1S/C34H37N3O4/c1-33(2,3)41-32(39)37(23-21-26-10-8-9-22-35-26)28-19-17-27(18-20-28)36-31(38)30-12-7-6-11-29(30)24-13-15-25(16-14-24)34(4,5)40/h6-20,22,40H,21,23H2,1-5H3,(H,36,38). The van der Waals surface area contributed by atoms with Crippen molar-refractivity contribution in [1.82, 2.24) is 4.98 Å². The molecule has 212 valence electrons. The zero-order valence-corrected chi connectivity index (χ0v) is 24.2. The summed E-state index contributed by atoms with van der Waals surface area (Å²) in [5.74, 6) is -0.251. The first-order valence-electron chi connectivity index (χ1n) is 13.6. The number of pyridine rings is 1. The molecular formula is C34H37N3O4. The van der Waals surface area contributed by atoms with Gasteiger partial charge in [-0.15, -0.1) is 0 Å². The quantitative estimate of drug-likeness (QED) is 0.241. The van der Waals surface area contributed by atoms with Crippen LogP contribution in [0.5, 0.6) is 0 Å². The summed E-state index contributed by atoms with van der Waals surface area (Å²) in [5.41, 5.74) is 3.52. The van der Waals surface area contributed by atoms with Gasteiger partial charge in [-0.05, 0) is 93.8 Å². The van der Waals surface area contributed by atoms with Crippen LogP contribution in [0, 0.1) is 0 Å². The second kappa shape index (κ2) is 12.4. The van der Waals surface area contributed by atoms with Crippen LogP contribution >= 0.6 is 0 Å². The molecule has 0 atom stereocenters. The molecule has 0 radical (unpaired) electrons. The molecule has 0 fully saturated rings. The molecule has 0 aliphatic heterocycles. The first kappa shape index (κ1) is 29.5. The number of nitrogens with zero attached hydrogens (tertiary/aromatic N) is 2. The number of nitrogens with one attached hydrogen (secondary N) is 1. The summed E-state index contributed by atoms with van der Waals surface area (Å²) < 4.78 is 5.66. The van der Waals surface area contributed by atoms with Crippen LogP contribution in [-0.4, -0.2) is 34.2 Å². The third-order valence-electron chi connectivity index (χ3n) is 6.44. The van der Waals surface area contributed by atoms with E-state index in [9.17, 15) is 14.7 Å². The van der Waals surface area contributed by atoms with Crippen molar-refractivity contribution >= 4 is 23.4 Å². The van der Waals surface area contributed by atoms with Gasteiger partial charge in [0.1, 0.15) is 5.60 Å². The Labute approximate surface area is 241 Å². The van der Waals surface area contributed by atoms with Crippen molar-refractivity contribution in [2.24, 2.45) is 0 Å². The first-order valence-corrected chi connectivity index (χ1v) is 13.6. The fourth-order valence-corrected chi connectivity index (χ4v) is 4.33. The largest absolute Gasteiger partial charge is 0.443 e. The predicted octanol–water partition coefficient (Wildman–Crippen LogP) is 7.21. The van der Waals surface area contributed by atoms with Gasteiger partial charge in [0.15, 0.2) is 0 Å². The summed E-state index contributed by atoms with van der Waals surface area (Å²) in [4.78, 5) is 32.4. The molecule has 3 aromatic carbocycles. The fraction of sp³-hybridized carbons (Fsp3) is 0.265. The Bertz CT molecular complexity index is 1470. The van der Waals surface area contributed by atoms with E-state index in [0.717, 1.165) is 22.4 Å². The van der Waals surface area contributed by atoms with Gasteiger partial charge in [0.05, 0.1) is 5.60 Å². The van der Waals surface area contributed by atoms with Gasteiger partial charge in [-0.1, -0.05) is 48.5 Å². The van der Waals surface area contributed by atoms with E-state index >= 15 is 0 Å². The summed E-state index contributed by atoms with van der Waals surface area (Å²) in [7, 11) is 0. The Morgan fingerprint density at radius 1 is 0.854 bits per heavy atom. The minimum atomic E-state index is -0.945. The topological polar surface area (TPSA) is 91.8 Å². The van der Waals surface area contributed by atoms with Crippen LogP contribution in [0.25, 0.3) is 11.1 Å². The molecule has 0 spiro atoms. The molecule has 1 heterocycles. The van der Waals surface area contributed by atoms with Gasteiger partial charge in [-0.3, -0.25) is 14.7 Å². The SMILES string of the molecule is CC(C)(C)OC(=O)N(CCc1ccccn1)c1ccc(NC(=O)c2ccccc2-c2ccc(C(C)(C)O)cc2)cc1. The summed E-state index contributed by atoms with van der Waals surface area (Å²) in [6, 6.07) is 27.8. The highest BCUT2D eigenvalue weighted by atomic mass is 16.6. The molecule has 4 rings (SSSR count). The van der Waals surface area contributed by atoms with Crippen molar-refractivity contribution in [3.63, 3.8) is 0 Å². The Hall–Kier alpha value is -4.49. The Balaban J connectivity index is 1.52. The number of hydrogen-bond acceptors (Lipinski definition) is 5. The Morgan fingerprint density at radius 2 is 1.51 bits per heavy atom. The van der Waals surface area contributed by atoms with E-state index in [1.807, 2.05) is 81.4 Å². The number of aromatic nitrogens is 1. The Morgan fingerprint density at radius 3 is 2.12 bits per heavy atom. The minimum absolute atomic E-state index is 0.251. The third-order valence-corrected chi connectivity index (χ3v) is 6.44. The number of hydrogen-bond donors (Lipinski definition) is 2. The number of anilines is 2. The van der Waals surface area contributed by atoms with Crippen LogP contribution < -0.4 is 10.2 Å². The molecule has 0 aliphatic rings. The highest BCUT2D eigenvalue weighted by Crippen LogP contribution is 2.28. The van der Waals surface area contributed by atoms with Crippen molar-refractivity contribution in [1.29, 1.82) is 0 Å². The summed E-state index contributed by atoms with van der Waals surface area (Å²) in [6.07, 6.45) is 1.84. The molecule has 7 nitrogen and oxygen atoms in total. The molecule has 2 amide bonds. The van der Waals surface area contributed by atoms with Crippen molar-refractivity contribution in [3.05, 3.63) is 114 Å². The summed E-state index contributed by atoms with van der Waals surface area (Å²) >= 11 is 0. The maximum atomic E-state index is 13.3. The Kier molecular flexibility index (Phi) is 8.89. The summed E-state index contributed by atoms with van der Waals surface area (Å²) in [6.45, 7) is 9.36. The van der Waals surface area contributed by atoms with E-state index in [1.165, 1.54) is 0 Å². The molecule has 7 heteroatoms. The van der Waals surface area contributed by atoms with Gasteiger partial charge >= 0.3 is 6.09 Å². The van der Waals surface area contributed by atoms with E-state index < -0.39 is 17.3 Å². The predicted molar refractivity (Wildman–Crippen MR) is 163 cm³/mol. The lowest BCUT2D eigenvalue weighted by atomic mass is 9.93. The maximum Gasteiger partial charge on any atom is 0.414 e. The molecule has 0 bridgehead atoms. The van der Waals surface area contributed by atoms with E-state index in [4.69, 9.17) is 4.74 Å². The fourth-order valence-electron chi connectivity index (χ4n) is 4.33. The van der Waals surface area contributed by atoms with Crippen LogP contribution in [0.15, 0.2) is 97.2 Å². The first-order chi connectivity index (χ1) is 19.4. The van der Waals surface area contributed by atoms with Gasteiger partial charge in [-0.2, -0.15) is 0 Å². The average Bonchev–Trinajstić information content (AvgIpc) is 2.93. The van der Waals surface area contributed by atoms with Crippen LogP contribution in [0.2, 0.25) is 0 Å². The number of ether oxygens (including phenoxy) is 1. The smallest absolute Gasteiger partial charge is 0.414 e. The van der Waals surface area contributed by atoms with E-state index in [0.29, 0.717) is 29.9 Å². The normalized spacial score (nSPS) is 11.6. The second-order valence-corrected chi connectivity index (χ2v) is 11.4. The highest BCUT2D eigenvalue weighted by molar-refractivity contribution is 6.08. The molecule has 0 aliphatic carbocycles. The van der Waals surface area contributed by atoms with Gasteiger partial charge in [0.2, 0.25) is 0 Å². The number of benzene rings is 3. The monoisotopic (exact) mass is 551 g/mol. The number of carbonyl (C=O) groups is 2. The van der Waals surface area contributed by atoms with Crippen molar-refractivity contribution in [2.45, 2.75) is 52.2 Å². The van der Waals surface area contributed by atoms with Crippen molar-refractivity contribution in [3.8, 4) is 11.1 Å². The van der Waals surface area contributed by atoms with Crippen LogP contribution in [-0.2, 0) is 16.8 Å². The second-order valence-electron chi connectivity index (χ2n) is 11.4. The van der Waals surface area contributed by atoms with Gasteiger partial charge < -0.3 is 15.2 Å². The third kappa shape index (κ3) is 8.02. The number of rotatable bonds is 8. The molecular weight excluding hydrogens is 514 g/mol. The van der Waals surface area contributed by atoms with Crippen LogP contribution in [0.3, 0.4) is 0 Å². The molecule has 41 heavy (non-hydrogen) atoms.